The Morgan fingerprint density at radius 1 is 0.875 bits per heavy atom. The largest absolute Gasteiger partial charge is 0.337 e. The summed E-state index contributed by atoms with van der Waals surface area (Å²) in [6.45, 7) is 2.04. The van der Waals surface area contributed by atoms with Crippen molar-refractivity contribution < 1.29 is 14.0 Å². The molecule has 2 heterocycles. The Bertz CT molecular complexity index is 736. The van der Waals surface area contributed by atoms with Crippen LogP contribution in [0.15, 0.2) is 48.8 Å². The van der Waals surface area contributed by atoms with Gasteiger partial charge >= 0.3 is 0 Å². The lowest BCUT2D eigenvalue weighted by Gasteiger charge is -2.22. The van der Waals surface area contributed by atoms with Crippen molar-refractivity contribution in [2.45, 2.75) is 6.42 Å². The fourth-order valence-electron chi connectivity index (χ4n) is 2.80. The van der Waals surface area contributed by atoms with Crippen LogP contribution in [-0.2, 0) is 0 Å². The van der Waals surface area contributed by atoms with E-state index in [9.17, 15) is 14.0 Å². The number of benzene rings is 1. The zero-order valence-corrected chi connectivity index (χ0v) is 13.2. The molecule has 1 saturated heterocycles. The van der Waals surface area contributed by atoms with E-state index in [0.29, 0.717) is 43.7 Å². The number of aromatic nitrogens is 1. The van der Waals surface area contributed by atoms with Crippen LogP contribution in [0.2, 0.25) is 0 Å². The molecule has 0 aliphatic carbocycles. The van der Waals surface area contributed by atoms with E-state index in [1.807, 2.05) is 0 Å². The summed E-state index contributed by atoms with van der Waals surface area (Å²) in [5.74, 6) is -0.685. The van der Waals surface area contributed by atoms with E-state index in [4.69, 9.17) is 0 Å². The number of hydrogen-bond donors (Lipinski definition) is 0. The molecule has 0 saturated carbocycles. The molecule has 0 spiro atoms. The Kier molecular flexibility index (Phi) is 4.84. The minimum atomic E-state index is -0.426. The van der Waals surface area contributed by atoms with Gasteiger partial charge in [0.05, 0.1) is 0 Å². The smallest absolute Gasteiger partial charge is 0.254 e. The van der Waals surface area contributed by atoms with Gasteiger partial charge in [-0.1, -0.05) is 6.07 Å². The van der Waals surface area contributed by atoms with Gasteiger partial charge < -0.3 is 9.80 Å². The van der Waals surface area contributed by atoms with E-state index < -0.39 is 5.82 Å². The summed E-state index contributed by atoms with van der Waals surface area (Å²) in [6, 6.07) is 9.06. The van der Waals surface area contributed by atoms with Crippen molar-refractivity contribution in [3.05, 3.63) is 65.7 Å². The molecule has 124 valence electrons. The summed E-state index contributed by atoms with van der Waals surface area (Å²) in [7, 11) is 0. The number of halogens is 1. The fourth-order valence-corrected chi connectivity index (χ4v) is 2.80. The lowest BCUT2D eigenvalue weighted by molar-refractivity contribution is 0.0718. The Labute approximate surface area is 139 Å². The van der Waals surface area contributed by atoms with Crippen molar-refractivity contribution in [2.24, 2.45) is 0 Å². The van der Waals surface area contributed by atoms with Gasteiger partial charge in [0.1, 0.15) is 5.82 Å². The zero-order valence-electron chi connectivity index (χ0n) is 13.2. The van der Waals surface area contributed by atoms with Crippen molar-refractivity contribution in [3.8, 4) is 0 Å². The number of carbonyl (C=O) groups is 2. The van der Waals surface area contributed by atoms with Crippen molar-refractivity contribution in [3.63, 3.8) is 0 Å². The third kappa shape index (κ3) is 3.59. The molecule has 0 unspecified atom stereocenters. The summed E-state index contributed by atoms with van der Waals surface area (Å²) in [4.78, 5) is 32.3. The summed E-state index contributed by atoms with van der Waals surface area (Å²) in [6.07, 6.45) is 3.87. The molecule has 1 aliphatic rings. The highest BCUT2D eigenvalue weighted by Gasteiger charge is 2.23. The van der Waals surface area contributed by atoms with Gasteiger partial charge in [0.2, 0.25) is 0 Å². The van der Waals surface area contributed by atoms with Gasteiger partial charge in [-0.05, 0) is 36.8 Å². The van der Waals surface area contributed by atoms with Crippen molar-refractivity contribution in [1.29, 1.82) is 0 Å². The number of rotatable bonds is 2. The SMILES string of the molecule is O=C(c1ccncc1)N1CCCN(C(=O)c2cccc(F)c2)CC1. The van der Waals surface area contributed by atoms with Gasteiger partial charge in [0.15, 0.2) is 0 Å². The van der Waals surface area contributed by atoms with E-state index in [2.05, 4.69) is 4.98 Å². The van der Waals surface area contributed by atoms with Crippen LogP contribution in [0.3, 0.4) is 0 Å². The van der Waals surface area contributed by atoms with Gasteiger partial charge in [0.25, 0.3) is 11.8 Å². The predicted molar refractivity (Wildman–Crippen MR) is 87.1 cm³/mol. The lowest BCUT2D eigenvalue weighted by atomic mass is 10.2. The monoisotopic (exact) mass is 327 g/mol. The van der Waals surface area contributed by atoms with Crippen LogP contribution < -0.4 is 0 Å². The molecule has 1 aromatic carbocycles. The summed E-state index contributed by atoms with van der Waals surface area (Å²) in [5.41, 5.74) is 0.929. The molecule has 3 rings (SSSR count). The number of carbonyl (C=O) groups excluding carboxylic acids is 2. The first-order valence-corrected chi connectivity index (χ1v) is 7.89. The van der Waals surface area contributed by atoms with Crippen LogP contribution in [0, 0.1) is 5.82 Å². The molecule has 0 atom stereocenters. The first kappa shape index (κ1) is 16.1. The van der Waals surface area contributed by atoms with Crippen LogP contribution in [0.4, 0.5) is 4.39 Å². The van der Waals surface area contributed by atoms with E-state index in [1.165, 1.54) is 18.2 Å². The third-order valence-electron chi connectivity index (χ3n) is 4.07. The zero-order chi connectivity index (χ0) is 16.9. The molecule has 2 aromatic rings. The Balaban J connectivity index is 1.67. The summed E-state index contributed by atoms with van der Waals surface area (Å²) in [5, 5.41) is 0. The van der Waals surface area contributed by atoms with Crippen molar-refractivity contribution in [2.75, 3.05) is 26.2 Å². The van der Waals surface area contributed by atoms with E-state index >= 15 is 0 Å². The van der Waals surface area contributed by atoms with E-state index in [1.54, 1.807) is 40.4 Å². The molecule has 0 bridgehead atoms. The van der Waals surface area contributed by atoms with Crippen LogP contribution in [-0.4, -0.2) is 52.8 Å². The van der Waals surface area contributed by atoms with Gasteiger partial charge in [0, 0.05) is 49.7 Å². The first-order chi connectivity index (χ1) is 11.6. The minimum absolute atomic E-state index is 0.0579. The van der Waals surface area contributed by atoms with Gasteiger partial charge in [-0.2, -0.15) is 0 Å². The van der Waals surface area contributed by atoms with Crippen molar-refractivity contribution >= 4 is 11.8 Å². The normalized spacial score (nSPS) is 15.0. The number of amides is 2. The Morgan fingerprint density at radius 3 is 2.12 bits per heavy atom. The minimum Gasteiger partial charge on any atom is -0.337 e. The maximum absolute atomic E-state index is 13.3. The summed E-state index contributed by atoms with van der Waals surface area (Å²) < 4.78 is 13.3. The standard InChI is InChI=1S/C18H18FN3O2/c19-16-4-1-3-15(13-16)18(24)22-10-2-9-21(11-12-22)17(23)14-5-7-20-8-6-14/h1,3-8,13H,2,9-12H2. The first-order valence-electron chi connectivity index (χ1n) is 7.89. The third-order valence-corrected chi connectivity index (χ3v) is 4.07. The molecular weight excluding hydrogens is 309 g/mol. The van der Waals surface area contributed by atoms with Crippen LogP contribution in [0.5, 0.6) is 0 Å². The average molecular weight is 327 g/mol. The highest BCUT2D eigenvalue weighted by Crippen LogP contribution is 2.12. The van der Waals surface area contributed by atoms with Crippen LogP contribution in [0.1, 0.15) is 27.1 Å². The average Bonchev–Trinajstić information content (AvgIpc) is 2.87. The van der Waals surface area contributed by atoms with Crippen LogP contribution in [0.25, 0.3) is 0 Å². The van der Waals surface area contributed by atoms with Gasteiger partial charge in [-0.3, -0.25) is 14.6 Å². The predicted octanol–water partition coefficient (Wildman–Crippen LogP) is 2.21. The molecule has 24 heavy (non-hydrogen) atoms. The number of nitrogens with zero attached hydrogens (tertiary/aromatic N) is 3. The van der Waals surface area contributed by atoms with Gasteiger partial charge in [-0.15, -0.1) is 0 Å². The summed E-state index contributed by atoms with van der Waals surface area (Å²) >= 11 is 0. The fraction of sp³-hybridized carbons (Fsp3) is 0.278. The topological polar surface area (TPSA) is 53.5 Å². The molecule has 2 amide bonds. The molecule has 0 radical (unpaired) electrons. The second kappa shape index (κ2) is 7.21. The number of hydrogen-bond acceptors (Lipinski definition) is 3. The molecular formula is C18H18FN3O2. The highest BCUT2D eigenvalue weighted by molar-refractivity contribution is 5.95. The second-order valence-corrected chi connectivity index (χ2v) is 5.68. The second-order valence-electron chi connectivity index (χ2n) is 5.68. The quantitative estimate of drug-likeness (QED) is 0.850. The maximum atomic E-state index is 13.3. The Hall–Kier alpha value is -2.76. The lowest BCUT2D eigenvalue weighted by Crippen LogP contribution is -2.37. The highest BCUT2D eigenvalue weighted by atomic mass is 19.1. The molecule has 1 aromatic heterocycles. The van der Waals surface area contributed by atoms with Crippen LogP contribution >= 0.6 is 0 Å². The Morgan fingerprint density at radius 2 is 1.50 bits per heavy atom. The van der Waals surface area contributed by atoms with Gasteiger partial charge in [-0.25, -0.2) is 4.39 Å². The number of pyridine rings is 1. The van der Waals surface area contributed by atoms with E-state index in [-0.39, 0.29) is 11.8 Å². The molecule has 5 nitrogen and oxygen atoms in total. The maximum Gasteiger partial charge on any atom is 0.254 e. The molecule has 1 aliphatic heterocycles. The molecule has 6 heteroatoms. The molecule has 0 N–H and O–H groups in total. The van der Waals surface area contributed by atoms with Crippen molar-refractivity contribution in [1.82, 2.24) is 14.8 Å². The molecule has 1 fully saturated rings. The van der Waals surface area contributed by atoms with E-state index in [0.717, 1.165) is 0 Å².